The molecule has 0 spiro atoms. The lowest BCUT2D eigenvalue weighted by atomic mass is 10.1. The van der Waals surface area contributed by atoms with Crippen molar-refractivity contribution in [3.63, 3.8) is 0 Å². The van der Waals surface area contributed by atoms with Crippen LogP contribution in [0.5, 0.6) is 5.75 Å². The molecule has 0 saturated carbocycles. The van der Waals surface area contributed by atoms with Crippen molar-refractivity contribution in [3.8, 4) is 5.75 Å². The highest BCUT2D eigenvalue weighted by Gasteiger charge is 2.32. The average molecular weight is 281 g/mol. The van der Waals surface area contributed by atoms with Crippen molar-refractivity contribution in [3.05, 3.63) is 29.3 Å². The molecule has 0 fully saturated rings. The van der Waals surface area contributed by atoms with Gasteiger partial charge in [-0.2, -0.15) is 11.8 Å². The monoisotopic (exact) mass is 281 g/mol. The minimum atomic E-state index is 0.269. The van der Waals surface area contributed by atoms with Gasteiger partial charge in [0.15, 0.2) is 0 Å². The zero-order valence-electron chi connectivity index (χ0n) is 11.8. The van der Waals surface area contributed by atoms with Gasteiger partial charge >= 0.3 is 0 Å². The quantitative estimate of drug-likeness (QED) is 0.839. The van der Waals surface area contributed by atoms with Crippen LogP contribution in [0.3, 0.4) is 0 Å². The minimum absolute atomic E-state index is 0.269. The van der Waals surface area contributed by atoms with Gasteiger partial charge in [-0.3, -0.25) is 0 Å². The van der Waals surface area contributed by atoms with Gasteiger partial charge in [-0.1, -0.05) is 13.0 Å². The Morgan fingerprint density at radius 3 is 2.95 bits per heavy atom. The van der Waals surface area contributed by atoms with E-state index in [2.05, 4.69) is 24.4 Å². The third kappa shape index (κ3) is 3.25. The highest BCUT2D eigenvalue weighted by atomic mass is 32.2. The molecule has 0 bridgehead atoms. The molecule has 0 aliphatic heterocycles. The van der Waals surface area contributed by atoms with Crippen molar-refractivity contribution < 1.29 is 9.84 Å². The van der Waals surface area contributed by atoms with Crippen molar-refractivity contribution in [2.24, 2.45) is 5.92 Å². The number of ether oxygens (including phenoxy) is 1. The van der Waals surface area contributed by atoms with E-state index < -0.39 is 0 Å². The number of aliphatic hydroxyl groups excluding tert-OH is 1. The summed E-state index contributed by atoms with van der Waals surface area (Å²) >= 11 is 1.96. The van der Waals surface area contributed by atoms with Gasteiger partial charge in [-0.25, -0.2) is 0 Å². The van der Waals surface area contributed by atoms with Crippen molar-refractivity contribution in [2.75, 3.05) is 26.5 Å². The van der Waals surface area contributed by atoms with E-state index in [1.54, 1.807) is 7.11 Å². The first-order chi connectivity index (χ1) is 9.19. The van der Waals surface area contributed by atoms with Crippen molar-refractivity contribution in [2.45, 2.75) is 24.6 Å². The van der Waals surface area contributed by atoms with Crippen LogP contribution in [0.2, 0.25) is 0 Å². The maximum absolute atomic E-state index is 9.13. The predicted octanol–water partition coefficient (Wildman–Crippen LogP) is 2.24. The summed E-state index contributed by atoms with van der Waals surface area (Å²) in [6.07, 6.45) is 1.09. The summed E-state index contributed by atoms with van der Waals surface area (Å²) in [6.45, 7) is 2.36. The van der Waals surface area contributed by atoms with Crippen LogP contribution < -0.4 is 10.1 Å². The van der Waals surface area contributed by atoms with Crippen LogP contribution >= 0.6 is 11.8 Å². The normalized spacial score (nSPS) is 23.2. The van der Waals surface area contributed by atoms with Gasteiger partial charge in [0, 0.05) is 17.9 Å². The van der Waals surface area contributed by atoms with Crippen molar-refractivity contribution in [1.29, 1.82) is 0 Å². The maximum atomic E-state index is 9.13. The Bertz CT molecular complexity index is 425. The van der Waals surface area contributed by atoms with Crippen LogP contribution in [0.15, 0.2) is 18.2 Å². The van der Waals surface area contributed by atoms with Crippen molar-refractivity contribution >= 4 is 11.8 Å². The molecule has 3 nitrogen and oxygen atoms in total. The van der Waals surface area contributed by atoms with E-state index in [-0.39, 0.29) is 6.61 Å². The summed E-state index contributed by atoms with van der Waals surface area (Å²) in [5, 5.41) is 13.1. The smallest absolute Gasteiger partial charge is 0.119 e. The van der Waals surface area contributed by atoms with Crippen molar-refractivity contribution in [1.82, 2.24) is 5.32 Å². The first-order valence-corrected chi connectivity index (χ1v) is 7.81. The SMILES string of the molecule is CNC1c2cc(OC)ccc2CC1SCC(C)CO. The van der Waals surface area contributed by atoms with E-state index >= 15 is 0 Å². The first-order valence-electron chi connectivity index (χ1n) is 6.76. The van der Waals surface area contributed by atoms with Gasteiger partial charge in [-0.15, -0.1) is 0 Å². The molecule has 1 aromatic rings. The van der Waals surface area contributed by atoms with Gasteiger partial charge in [0.25, 0.3) is 0 Å². The molecule has 2 N–H and O–H groups in total. The highest BCUT2D eigenvalue weighted by molar-refractivity contribution is 7.99. The third-order valence-electron chi connectivity index (χ3n) is 3.70. The number of benzene rings is 1. The molecule has 0 radical (unpaired) electrons. The third-order valence-corrected chi connectivity index (χ3v) is 5.33. The summed E-state index contributed by atoms with van der Waals surface area (Å²) < 4.78 is 5.32. The molecule has 0 saturated heterocycles. The molecule has 0 amide bonds. The standard InChI is InChI=1S/C15H23NO2S/c1-10(8-17)9-19-14-6-11-4-5-12(18-3)7-13(11)15(14)16-2/h4-5,7,10,14-17H,6,8-9H2,1-3H3. The fraction of sp³-hybridized carbons (Fsp3) is 0.600. The zero-order valence-corrected chi connectivity index (χ0v) is 12.7. The lowest BCUT2D eigenvalue weighted by Crippen LogP contribution is -2.24. The Morgan fingerprint density at radius 1 is 1.53 bits per heavy atom. The van der Waals surface area contributed by atoms with Crippen LogP contribution in [-0.2, 0) is 6.42 Å². The van der Waals surface area contributed by atoms with E-state index in [0.29, 0.717) is 17.2 Å². The van der Waals surface area contributed by atoms with E-state index in [9.17, 15) is 0 Å². The molecular formula is C15H23NO2S. The van der Waals surface area contributed by atoms with E-state index in [4.69, 9.17) is 9.84 Å². The first kappa shape index (κ1) is 14.7. The number of aliphatic hydroxyl groups is 1. The Hall–Kier alpha value is -0.710. The fourth-order valence-electron chi connectivity index (χ4n) is 2.55. The van der Waals surface area contributed by atoms with Crippen LogP contribution in [0.4, 0.5) is 0 Å². The minimum Gasteiger partial charge on any atom is -0.497 e. The number of nitrogens with one attached hydrogen (secondary N) is 1. The average Bonchev–Trinajstić information content (AvgIpc) is 2.80. The number of methoxy groups -OCH3 is 1. The molecule has 2 rings (SSSR count). The second kappa shape index (κ2) is 6.64. The topological polar surface area (TPSA) is 41.5 Å². The summed E-state index contributed by atoms with van der Waals surface area (Å²) in [5.74, 6) is 2.29. The lowest BCUT2D eigenvalue weighted by Gasteiger charge is -2.21. The second-order valence-electron chi connectivity index (χ2n) is 5.19. The van der Waals surface area contributed by atoms with Crippen LogP contribution in [-0.4, -0.2) is 36.9 Å². The molecule has 1 aliphatic carbocycles. The largest absolute Gasteiger partial charge is 0.497 e. The zero-order chi connectivity index (χ0) is 13.8. The molecule has 19 heavy (non-hydrogen) atoms. The number of hydrogen-bond acceptors (Lipinski definition) is 4. The fourth-order valence-corrected chi connectivity index (χ4v) is 4.00. The number of fused-ring (bicyclic) bond motifs is 1. The lowest BCUT2D eigenvalue weighted by molar-refractivity contribution is 0.250. The molecule has 1 aliphatic rings. The molecule has 0 aromatic heterocycles. The number of rotatable bonds is 6. The summed E-state index contributed by atoms with van der Waals surface area (Å²) in [4.78, 5) is 0. The van der Waals surface area contributed by atoms with Crippen LogP contribution in [0.25, 0.3) is 0 Å². The number of hydrogen-bond donors (Lipinski definition) is 2. The summed E-state index contributed by atoms with van der Waals surface area (Å²) in [7, 11) is 3.72. The second-order valence-corrected chi connectivity index (χ2v) is 6.47. The molecular weight excluding hydrogens is 258 g/mol. The van der Waals surface area contributed by atoms with E-state index in [1.807, 2.05) is 24.9 Å². The van der Waals surface area contributed by atoms with Gasteiger partial charge in [0.05, 0.1) is 7.11 Å². The highest BCUT2D eigenvalue weighted by Crippen LogP contribution is 2.40. The predicted molar refractivity (Wildman–Crippen MR) is 81.0 cm³/mol. The van der Waals surface area contributed by atoms with Crippen LogP contribution in [0, 0.1) is 5.92 Å². The Labute approximate surface area is 119 Å². The molecule has 106 valence electrons. The maximum Gasteiger partial charge on any atom is 0.119 e. The Morgan fingerprint density at radius 2 is 2.32 bits per heavy atom. The molecule has 1 aromatic carbocycles. The van der Waals surface area contributed by atoms with E-state index in [1.165, 1.54) is 11.1 Å². The van der Waals surface area contributed by atoms with Gasteiger partial charge < -0.3 is 15.2 Å². The Kier molecular flexibility index (Phi) is 5.13. The molecule has 3 atom stereocenters. The molecule has 0 heterocycles. The molecule has 3 unspecified atom stereocenters. The van der Waals surface area contributed by atoms with Gasteiger partial charge in [0.1, 0.15) is 5.75 Å². The Balaban J connectivity index is 2.09. The molecule has 4 heteroatoms. The summed E-state index contributed by atoms with van der Waals surface area (Å²) in [5.41, 5.74) is 2.77. The number of thioether (sulfide) groups is 1. The summed E-state index contributed by atoms with van der Waals surface area (Å²) in [6, 6.07) is 6.73. The van der Waals surface area contributed by atoms with Gasteiger partial charge in [-0.05, 0) is 48.4 Å². The van der Waals surface area contributed by atoms with Gasteiger partial charge in [0.2, 0.25) is 0 Å². The van der Waals surface area contributed by atoms with E-state index in [0.717, 1.165) is 17.9 Å². The van der Waals surface area contributed by atoms with Crippen LogP contribution in [0.1, 0.15) is 24.1 Å².